The van der Waals surface area contributed by atoms with Gasteiger partial charge in [0.1, 0.15) is 6.10 Å². The number of hydrogen-bond donors (Lipinski definition) is 1. The van der Waals surface area contributed by atoms with Crippen molar-refractivity contribution in [1.29, 1.82) is 0 Å². The molecule has 1 N–H and O–H groups in total. The van der Waals surface area contributed by atoms with E-state index in [1.807, 2.05) is 45.9 Å². The van der Waals surface area contributed by atoms with Crippen LogP contribution in [-0.2, 0) is 11.2 Å². The number of aryl methyl sites for hydroxylation is 1. The summed E-state index contributed by atoms with van der Waals surface area (Å²) in [6, 6.07) is 5.58. The highest BCUT2D eigenvalue weighted by Gasteiger charge is 2.28. The molecule has 0 aliphatic rings. The van der Waals surface area contributed by atoms with E-state index in [1.165, 1.54) is 0 Å². The van der Waals surface area contributed by atoms with Gasteiger partial charge in [0, 0.05) is 11.4 Å². The molecule has 0 heterocycles. The van der Waals surface area contributed by atoms with E-state index in [0.717, 1.165) is 11.1 Å². The second-order valence-corrected chi connectivity index (χ2v) is 5.91. The van der Waals surface area contributed by atoms with Gasteiger partial charge in [-0.25, -0.2) is 0 Å². The van der Waals surface area contributed by atoms with Gasteiger partial charge in [0.15, 0.2) is 5.78 Å². The van der Waals surface area contributed by atoms with Gasteiger partial charge >= 0.3 is 0 Å². The van der Waals surface area contributed by atoms with Crippen molar-refractivity contribution in [3.05, 3.63) is 34.3 Å². The first-order chi connectivity index (χ1) is 7.71. The lowest BCUT2D eigenvalue weighted by molar-refractivity contribution is -0.131. The smallest absolute Gasteiger partial charge is 0.166 e. The summed E-state index contributed by atoms with van der Waals surface area (Å²) in [5.74, 6) is -0.191. The Morgan fingerprint density at radius 3 is 2.47 bits per heavy atom. The lowest BCUT2D eigenvalue weighted by atomic mass is 9.85. The Kier molecular flexibility index (Phi) is 4.34. The molecule has 2 nitrogen and oxygen atoms in total. The second-order valence-electron chi connectivity index (χ2n) is 5.51. The number of carbonyl (C=O) groups is 1. The van der Waals surface area contributed by atoms with Crippen LogP contribution in [0.15, 0.2) is 18.2 Å². The minimum Gasteiger partial charge on any atom is -0.385 e. The van der Waals surface area contributed by atoms with Gasteiger partial charge in [-0.3, -0.25) is 4.79 Å². The number of rotatable bonds is 3. The van der Waals surface area contributed by atoms with E-state index in [-0.39, 0.29) is 12.2 Å². The van der Waals surface area contributed by atoms with E-state index < -0.39 is 11.5 Å². The van der Waals surface area contributed by atoms with Crippen molar-refractivity contribution in [2.75, 3.05) is 0 Å². The fourth-order valence-electron chi connectivity index (χ4n) is 1.56. The molecule has 3 heteroatoms. The van der Waals surface area contributed by atoms with Crippen molar-refractivity contribution < 1.29 is 9.90 Å². The Morgan fingerprint density at radius 2 is 2.00 bits per heavy atom. The van der Waals surface area contributed by atoms with Gasteiger partial charge in [-0.1, -0.05) is 44.5 Å². The molecule has 17 heavy (non-hydrogen) atoms. The standard InChI is InChI=1S/C14H19ClO2/c1-9-5-6-10(11(15)7-9)8-12(16)13(17)14(2,3)4/h5-7,13,17H,8H2,1-4H3. The first kappa shape index (κ1) is 14.2. The van der Waals surface area contributed by atoms with E-state index in [0.29, 0.717) is 5.02 Å². The normalized spacial score (nSPS) is 13.5. The molecule has 1 aromatic rings. The maximum absolute atomic E-state index is 11.9. The summed E-state index contributed by atoms with van der Waals surface area (Å²) >= 11 is 6.06. The van der Waals surface area contributed by atoms with Gasteiger partial charge in [0.25, 0.3) is 0 Å². The second kappa shape index (κ2) is 5.19. The van der Waals surface area contributed by atoms with Crippen molar-refractivity contribution in [2.24, 2.45) is 5.41 Å². The molecule has 1 atom stereocenters. The minimum absolute atomic E-state index is 0.178. The van der Waals surface area contributed by atoms with Crippen LogP contribution >= 0.6 is 11.6 Å². The van der Waals surface area contributed by atoms with Crippen molar-refractivity contribution >= 4 is 17.4 Å². The molecule has 0 aliphatic heterocycles. The zero-order valence-electron chi connectivity index (χ0n) is 10.7. The molecule has 94 valence electrons. The summed E-state index contributed by atoms with van der Waals surface area (Å²) in [7, 11) is 0. The predicted octanol–water partition coefficient (Wildman–Crippen LogP) is 3.17. The molecule has 0 aliphatic carbocycles. The van der Waals surface area contributed by atoms with Crippen molar-refractivity contribution in [2.45, 2.75) is 40.2 Å². The topological polar surface area (TPSA) is 37.3 Å². The van der Waals surface area contributed by atoms with Crippen LogP contribution in [0.1, 0.15) is 31.9 Å². The number of carbonyl (C=O) groups excluding carboxylic acids is 1. The zero-order valence-corrected chi connectivity index (χ0v) is 11.5. The minimum atomic E-state index is -0.958. The third kappa shape index (κ3) is 3.83. The van der Waals surface area contributed by atoms with Gasteiger partial charge in [-0.05, 0) is 29.5 Å². The van der Waals surface area contributed by atoms with Crippen molar-refractivity contribution in [1.82, 2.24) is 0 Å². The van der Waals surface area contributed by atoms with Gasteiger partial charge in [0.05, 0.1) is 0 Å². The number of benzene rings is 1. The number of Topliss-reactive ketones (excluding diaryl/α,β-unsaturated/α-hetero) is 1. The molecular formula is C14H19ClO2. The highest BCUT2D eigenvalue weighted by atomic mass is 35.5. The van der Waals surface area contributed by atoms with Crippen molar-refractivity contribution in [3.8, 4) is 0 Å². The number of halogens is 1. The highest BCUT2D eigenvalue weighted by Crippen LogP contribution is 2.23. The SMILES string of the molecule is Cc1ccc(CC(=O)C(O)C(C)(C)C)c(Cl)c1. The molecule has 1 unspecified atom stereocenters. The maximum Gasteiger partial charge on any atom is 0.166 e. The molecule has 1 rings (SSSR count). The van der Waals surface area contributed by atoms with Crippen LogP contribution in [0.25, 0.3) is 0 Å². The summed E-state index contributed by atoms with van der Waals surface area (Å²) in [5, 5.41) is 10.5. The third-order valence-electron chi connectivity index (χ3n) is 2.70. The average molecular weight is 255 g/mol. The maximum atomic E-state index is 11.9. The molecule has 0 bridgehead atoms. The van der Waals surface area contributed by atoms with E-state index in [9.17, 15) is 9.90 Å². The summed E-state index contributed by atoms with van der Waals surface area (Å²) in [6.07, 6.45) is -0.780. The molecule has 0 aromatic heterocycles. The predicted molar refractivity (Wildman–Crippen MR) is 70.4 cm³/mol. The van der Waals surface area contributed by atoms with E-state index in [1.54, 1.807) is 0 Å². The van der Waals surface area contributed by atoms with E-state index in [4.69, 9.17) is 11.6 Å². The molecule has 0 fully saturated rings. The average Bonchev–Trinajstić information content (AvgIpc) is 2.19. The summed E-state index contributed by atoms with van der Waals surface area (Å²) in [4.78, 5) is 11.9. The molecule has 0 radical (unpaired) electrons. The van der Waals surface area contributed by atoms with E-state index >= 15 is 0 Å². The Morgan fingerprint density at radius 1 is 1.41 bits per heavy atom. The lowest BCUT2D eigenvalue weighted by Crippen LogP contribution is -2.35. The van der Waals surface area contributed by atoms with Crippen LogP contribution in [0.5, 0.6) is 0 Å². The molecular weight excluding hydrogens is 236 g/mol. The first-order valence-corrected chi connectivity index (χ1v) is 6.05. The number of aliphatic hydroxyl groups is 1. The van der Waals surface area contributed by atoms with Crippen molar-refractivity contribution in [3.63, 3.8) is 0 Å². The van der Waals surface area contributed by atoms with Crippen LogP contribution in [0, 0.1) is 12.3 Å². The number of ketones is 1. The Balaban J connectivity index is 2.82. The van der Waals surface area contributed by atoms with Crippen LogP contribution in [0.3, 0.4) is 0 Å². The zero-order chi connectivity index (χ0) is 13.2. The van der Waals surface area contributed by atoms with E-state index in [2.05, 4.69) is 0 Å². The summed E-state index contributed by atoms with van der Waals surface area (Å²) in [5.41, 5.74) is 1.39. The van der Waals surface area contributed by atoms with Crippen LogP contribution in [-0.4, -0.2) is 17.0 Å². The molecule has 0 amide bonds. The molecule has 0 saturated carbocycles. The van der Waals surface area contributed by atoms with Gasteiger partial charge < -0.3 is 5.11 Å². The fourth-order valence-corrected chi connectivity index (χ4v) is 1.86. The van der Waals surface area contributed by atoms with Gasteiger partial charge in [0.2, 0.25) is 0 Å². The fraction of sp³-hybridized carbons (Fsp3) is 0.500. The van der Waals surface area contributed by atoms with Crippen LogP contribution in [0.2, 0.25) is 5.02 Å². The summed E-state index contributed by atoms with van der Waals surface area (Å²) < 4.78 is 0. The Labute approximate surface area is 108 Å². The third-order valence-corrected chi connectivity index (χ3v) is 3.05. The highest BCUT2D eigenvalue weighted by molar-refractivity contribution is 6.31. The Hall–Kier alpha value is -0.860. The molecule has 0 saturated heterocycles. The quantitative estimate of drug-likeness (QED) is 0.900. The van der Waals surface area contributed by atoms with Gasteiger partial charge in [-0.15, -0.1) is 0 Å². The monoisotopic (exact) mass is 254 g/mol. The molecule has 0 spiro atoms. The van der Waals surface area contributed by atoms with Crippen LogP contribution in [0.4, 0.5) is 0 Å². The summed E-state index contributed by atoms with van der Waals surface area (Å²) in [6.45, 7) is 7.46. The number of hydrogen-bond acceptors (Lipinski definition) is 2. The lowest BCUT2D eigenvalue weighted by Gasteiger charge is -2.24. The van der Waals surface area contributed by atoms with Crippen LogP contribution < -0.4 is 0 Å². The number of aliphatic hydroxyl groups excluding tert-OH is 1. The largest absolute Gasteiger partial charge is 0.385 e. The molecule has 1 aromatic carbocycles. The first-order valence-electron chi connectivity index (χ1n) is 5.67. The Bertz CT molecular complexity index is 419. The van der Waals surface area contributed by atoms with Gasteiger partial charge in [-0.2, -0.15) is 0 Å².